The number of hydrogen-bond donors (Lipinski definition) is 5. The first kappa shape index (κ1) is 10.6. The molecule has 0 aromatic rings. The Balaban J connectivity index is 4.58. The van der Waals surface area contributed by atoms with Crippen LogP contribution in [0.5, 0.6) is 0 Å². The van der Waals surface area contributed by atoms with E-state index in [9.17, 15) is 13.2 Å². The number of nitrogens with one attached hydrogen (secondary N) is 2. The summed E-state index contributed by atoms with van der Waals surface area (Å²) in [6.07, 6.45) is 0. The lowest BCUT2D eigenvalue weighted by Crippen LogP contribution is -2.54. The summed E-state index contributed by atoms with van der Waals surface area (Å²) in [6.45, 7) is 0. The van der Waals surface area contributed by atoms with Crippen LogP contribution in [0.2, 0.25) is 0 Å². The van der Waals surface area contributed by atoms with Gasteiger partial charge in [0.25, 0.3) is 0 Å². The standard InChI is InChI=1S/C2H7N5O4S/c3-1(4)7(2(5)8)6-12(9,10)11/h6H,(H3,3,4)(H2,5,8)(H,9,10,11). The number of carbonyl (C=O) groups excluding carboxylic acids is 1. The van der Waals surface area contributed by atoms with Gasteiger partial charge in [-0.25, -0.2) is 4.79 Å². The minimum Gasteiger partial charge on any atom is -0.368 e. The molecular weight excluding hydrogens is 190 g/mol. The molecule has 0 saturated carbocycles. The van der Waals surface area contributed by atoms with Gasteiger partial charge in [0, 0.05) is 0 Å². The van der Waals surface area contributed by atoms with Crippen molar-refractivity contribution < 1.29 is 17.8 Å². The summed E-state index contributed by atoms with van der Waals surface area (Å²) in [7, 11) is -4.66. The van der Waals surface area contributed by atoms with E-state index < -0.39 is 22.3 Å². The molecule has 70 valence electrons. The van der Waals surface area contributed by atoms with Gasteiger partial charge in [-0.1, -0.05) is 4.83 Å². The molecule has 9 nitrogen and oxygen atoms in total. The maximum atomic E-state index is 10.3. The number of guanidine groups is 1. The van der Waals surface area contributed by atoms with E-state index in [0.717, 1.165) is 0 Å². The van der Waals surface area contributed by atoms with E-state index in [1.54, 1.807) is 0 Å². The Morgan fingerprint density at radius 2 is 1.92 bits per heavy atom. The van der Waals surface area contributed by atoms with Crippen LogP contribution in [-0.4, -0.2) is 30.0 Å². The molecule has 0 aliphatic heterocycles. The molecule has 0 aromatic heterocycles. The fourth-order valence-electron chi connectivity index (χ4n) is 0.328. The molecule has 0 saturated heterocycles. The fraction of sp³-hybridized carbons (Fsp3) is 0. The molecule has 0 heterocycles. The molecule has 0 aliphatic carbocycles. The molecule has 0 aliphatic rings. The van der Waals surface area contributed by atoms with Crippen LogP contribution in [0.1, 0.15) is 0 Å². The van der Waals surface area contributed by atoms with Gasteiger partial charge in [0.1, 0.15) is 0 Å². The van der Waals surface area contributed by atoms with Crippen LogP contribution in [-0.2, 0) is 10.3 Å². The van der Waals surface area contributed by atoms with Crippen molar-refractivity contribution in [1.82, 2.24) is 9.84 Å². The van der Waals surface area contributed by atoms with Gasteiger partial charge in [0.05, 0.1) is 0 Å². The van der Waals surface area contributed by atoms with E-state index >= 15 is 0 Å². The number of hydrogen-bond acceptors (Lipinski definition) is 4. The van der Waals surface area contributed by atoms with E-state index in [4.69, 9.17) is 15.7 Å². The van der Waals surface area contributed by atoms with Gasteiger partial charge in [-0.3, -0.25) is 9.96 Å². The Morgan fingerprint density at radius 3 is 2.00 bits per heavy atom. The third kappa shape index (κ3) is 3.70. The number of nitrogens with zero attached hydrogens (tertiary/aromatic N) is 1. The van der Waals surface area contributed by atoms with Crippen molar-refractivity contribution in [2.45, 2.75) is 0 Å². The SMILES string of the molecule is N=C(N)N(NS(=O)(=O)O)C(N)=O. The molecule has 10 heteroatoms. The Hall–Kier alpha value is -1.39. The average molecular weight is 197 g/mol. The monoisotopic (exact) mass is 197 g/mol. The summed E-state index contributed by atoms with van der Waals surface area (Å²) in [5.74, 6) is -0.958. The number of urea groups is 1. The van der Waals surface area contributed by atoms with Gasteiger partial charge in [-0.05, 0) is 0 Å². The zero-order chi connectivity index (χ0) is 9.94. The molecule has 0 rings (SSSR count). The van der Waals surface area contributed by atoms with Gasteiger partial charge in [0.2, 0.25) is 5.96 Å². The Labute approximate surface area is 67.7 Å². The molecule has 2 amide bonds. The molecule has 0 atom stereocenters. The quantitative estimate of drug-likeness (QED) is 0.143. The number of hydrazine groups is 1. The summed E-state index contributed by atoms with van der Waals surface area (Å²) >= 11 is 0. The van der Waals surface area contributed by atoms with Gasteiger partial charge in [0.15, 0.2) is 0 Å². The molecule has 0 bridgehead atoms. The summed E-state index contributed by atoms with van der Waals surface area (Å²) in [6, 6.07) is -1.33. The summed E-state index contributed by atoms with van der Waals surface area (Å²) in [5.41, 5.74) is 9.29. The van der Waals surface area contributed by atoms with Crippen molar-refractivity contribution in [3.8, 4) is 0 Å². The zero-order valence-corrected chi connectivity index (χ0v) is 6.50. The van der Waals surface area contributed by atoms with Crippen LogP contribution in [0.15, 0.2) is 0 Å². The lowest BCUT2D eigenvalue weighted by molar-refractivity contribution is 0.222. The van der Waals surface area contributed by atoms with Crippen molar-refractivity contribution in [2.75, 3.05) is 0 Å². The molecular formula is C2H7N5O4S. The van der Waals surface area contributed by atoms with Crippen LogP contribution in [0, 0.1) is 5.41 Å². The Morgan fingerprint density at radius 1 is 1.50 bits per heavy atom. The topological polar surface area (TPSA) is 163 Å². The first-order valence-corrected chi connectivity index (χ1v) is 3.86. The second kappa shape index (κ2) is 3.34. The lowest BCUT2D eigenvalue weighted by atomic mass is 10.9. The van der Waals surface area contributed by atoms with Crippen LogP contribution in [0.4, 0.5) is 4.79 Å². The molecule has 0 unspecified atom stereocenters. The van der Waals surface area contributed by atoms with Gasteiger partial charge in [-0.15, -0.1) is 0 Å². The van der Waals surface area contributed by atoms with Gasteiger partial charge in [-0.2, -0.15) is 13.4 Å². The van der Waals surface area contributed by atoms with Crippen LogP contribution >= 0.6 is 0 Å². The third-order valence-corrected chi connectivity index (χ3v) is 1.08. The average Bonchev–Trinajstić information content (AvgIpc) is 1.79. The van der Waals surface area contributed by atoms with E-state index in [1.165, 1.54) is 4.83 Å². The largest absolute Gasteiger partial charge is 0.368 e. The van der Waals surface area contributed by atoms with Crippen molar-refractivity contribution in [3.63, 3.8) is 0 Å². The predicted molar refractivity (Wildman–Crippen MR) is 38.0 cm³/mol. The van der Waals surface area contributed by atoms with E-state index in [1.807, 2.05) is 0 Å². The highest BCUT2D eigenvalue weighted by Crippen LogP contribution is 1.82. The van der Waals surface area contributed by atoms with E-state index in [-0.39, 0.29) is 5.01 Å². The molecule has 0 radical (unpaired) electrons. The second-order valence-corrected chi connectivity index (χ2v) is 2.76. The van der Waals surface area contributed by atoms with Crippen LogP contribution in [0.3, 0.4) is 0 Å². The number of primary amides is 1. The maximum Gasteiger partial charge on any atom is 0.351 e. The van der Waals surface area contributed by atoms with Crippen molar-refractivity contribution >= 4 is 22.3 Å². The van der Waals surface area contributed by atoms with Crippen molar-refractivity contribution in [3.05, 3.63) is 0 Å². The number of rotatable bonds is 2. The molecule has 0 spiro atoms. The molecule has 0 fully saturated rings. The van der Waals surface area contributed by atoms with Crippen LogP contribution < -0.4 is 16.3 Å². The summed E-state index contributed by atoms with van der Waals surface area (Å²) in [5, 5.41) is 6.58. The predicted octanol–water partition coefficient (Wildman–Crippen LogP) is -2.43. The lowest BCUT2D eigenvalue weighted by Gasteiger charge is -2.15. The van der Waals surface area contributed by atoms with Crippen LogP contribution in [0.25, 0.3) is 0 Å². The summed E-state index contributed by atoms with van der Waals surface area (Å²) < 4.78 is 28.3. The molecule has 12 heavy (non-hydrogen) atoms. The van der Waals surface area contributed by atoms with E-state index in [0.29, 0.717) is 0 Å². The van der Waals surface area contributed by atoms with Crippen molar-refractivity contribution in [2.24, 2.45) is 11.5 Å². The smallest absolute Gasteiger partial charge is 0.351 e. The Bertz CT molecular complexity index is 281. The second-order valence-electron chi connectivity index (χ2n) is 1.63. The number of carbonyl (C=O) groups is 1. The first-order valence-electron chi connectivity index (χ1n) is 2.42. The van der Waals surface area contributed by atoms with Crippen molar-refractivity contribution in [1.29, 1.82) is 5.41 Å². The third-order valence-electron chi connectivity index (χ3n) is 0.668. The van der Waals surface area contributed by atoms with Gasteiger partial charge >= 0.3 is 16.3 Å². The summed E-state index contributed by atoms with van der Waals surface area (Å²) in [4.78, 5) is 11.5. The minimum atomic E-state index is -4.66. The van der Waals surface area contributed by atoms with Gasteiger partial charge < -0.3 is 11.5 Å². The number of amides is 2. The highest BCUT2D eigenvalue weighted by molar-refractivity contribution is 7.83. The fourth-order valence-corrected chi connectivity index (χ4v) is 0.747. The number of nitrogens with two attached hydrogens (primary N) is 2. The molecule has 0 aromatic carbocycles. The first-order chi connectivity index (χ1) is 5.24. The highest BCUT2D eigenvalue weighted by atomic mass is 32.2. The molecule has 7 N–H and O–H groups in total. The highest BCUT2D eigenvalue weighted by Gasteiger charge is 2.18. The minimum absolute atomic E-state index is 0.0463. The normalized spacial score (nSPS) is 10.8. The van der Waals surface area contributed by atoms with E-state index in [2.05, 4.69) is 5.73 Å². The zero-order valence-electron chi connectivity index (χ0n) is 5.68. The Kier molecular flexibility index (Phi) is 2.95. The maximum absolute atomic E-state index is 10.3.